The lowest BCUT2D eigenvalue weighted by Crippen LogP contribution is -2.31. The standard InChI is InChI=1S/C24H25N3O4/c1-15-5-6-16(2)18(13-15)22(28)20-21(19-8-7-17(3)31-19)27(24(30)23(20)29)11-4-10-26-12-9-25-14-26/h5-9,12-14,21,28H,4,10-11H2,1-3H3/b22-20-. The maximum atomic E-state index is 13.0. The minimum Gasteiger partial charge on any atom is -0.507 e. The fourth-order valence-corrected chi connectivity index (χ4v) is 3.99. The number of likely N-dealkylation sites (tertiary alicyclic amines) is 1. The van der Waals surface area contributed by atoms with Crippen molar-refractivity contribution in [1.29, 1.82) is 0 Å². The van der Waals surface area contributed by atoms with E-state index in [-0.39, 0.29) is 11.3 Å². The van der Waals surface area contributed by atoms with Crippen LogP contribution in [0.1, 0.15) is 40.7 Å². The predicted octanol–water partition coefficient (Wildman–Crippen LogP) is 3.91. The van der Waals surface area contributed by atoms with Gasteiger partial charge < -0.3 is 19.0 Å². The fraction of sp³-hybridized carbons (Fsp3) is 0.292. The molecule has 7 heteroatoms. The number of hydrogen-bond acceptors (Lipinski definition) is 5. The van der Waals surface area contributed by atoms with Crippen molar-refractivity contribution in [3.05, 3.63) is 82.8 Å². The van der Waals surface area contributed by atoms with Crippen LogP contribution in [0.15, 0.2) is 59.0 Å². The third-order valence-electron chi connectivity index (χ3n) is 5.59. The molecule has 160 valence electrons. The number of carbonyl (C=O) groups excluding carboxylic acids is 2. The number of nitrogens with zero attached hydrogens (tertiary/aromatic N) is 3. The molecule has 1 fully saturated rings. The van der Waals surface area contributed by atoms with Gasteiger partial charge in [-0.15, -0.1) is 0 Å². The smallest absolute Gasteiger partial charge is 0.295 e. The summed E-state index contributed by atoms with van der Waals surface area (Å²) in [7, 11) is 0. The summed E-state index contributed by atoms with van der Waals surface area (Å²) in [5, 5.41) is 11.2. The first-order valence-corrected chi connectivity index (χ1v) is 10.2. The Kier molecular flexibility index (Phi) is 5.50. The highest BCUT2D eigenvalue weighted by molar-refractivity contribution is 6.46. The van der Waals surface area contributed by atoms with Gasteiger partial charge in [-0.3, -0.25) is 9.59 Å². The zero-order valence-corrected chi connectivity index (χ0v) is 17.8. The van der Waals surface area contributed by atoms with E-state index in [0.717, 1.165) is 11.1 Å². The number of rotatable bonds is 6. The minimum atomic E-state index is -0.767. The van der Waals surface area contributed by atoms with Gasteiger partial charge in [0, 0.05) is 31.0 Å². The third kappa shape index (κ3) is 3.91. The number of hydrogen-bond donors (Lipinski definition) is 1. The Bertz CT molecular complexity index is 1160. The second kappa shape index (κ2) is 8.26. The summed E-state index contributed by atoms with van der Waals surface area (Å²) in [4.78, 5) is 31.5. The van der Waals surface area contributed by atoms with Crippen LogP contribution in [0.5, 0.6) is 0 Å². The Morgan fingerprint density at radius 1 is 1.13 bits per heavy atom. The van der Waals surface area contributed by atoms with Crippen LogP contribution in [0.4, 0.5) is 0 Å². The minimum absolute atomic E-state index is 0.0654. The molecule has 0 spiro atoms. The second-order valence-electron chi connectivity index (χ2n) is 7.91. The third-order valence-corrected chi connectivity index (χ3v) is 5.59. The lowest BCUT2D eigenvalue weighted by atomic mass is 9.96. The van der Waals surface area contributed by atoms with Gasteiger partial charge in [0.1, 0.15) is 23.3 Å². The van der Waals surface area contributed by atoms with Gasteiger partial charge in [0.25, 0.3) is 11.7 Å². The molecular formula is C24H25N3O4. The van der Waals surface area contributed by atoms with Crippen LogP contribution in [0.25, 0.3) is 5.76 Å². The number of carbonyl (C=O) groups is 2. The van der Waals surface area contributed by atoms with Crippen LogP contribution in [-0.2, 0) is 16.1 Å². The zero-order chi connectivity index (χ0) is 22.1. The van der Waals surface area contributed by atoms with E-state index in [1.807, 2.05) is 42.8 Å². The molecule has 7 nitrogen and oxygen atoms in total. The molecule has 1 aliphatic heterocycles. The van der Waals surface area contributed by atoms with E-state index in [1.165, 1.54) is 4.90 Å². The van der Waals surface area contributed by atoms with E-state index < -0.39 is 17.7 Å². The van der Waals surface area contributed by atoms with Gasteiger partial charge >= 0.3 is 0 Å². The van der Waals surface area contributed by atoms with Gasteiger partial charge in [-0.1, -0.05) is 17.7 Å². The maximum Gasteiger partial charge on any atom is 0.295 e. The number of aromatic nitrogens is 2. The monoisotopic (exact) mass is 419 g/mol. The van der Waals surface area contributed by atoms with Crippen molar-refractivity contribution in [3.8, 4) is 0 Å². The highest BCUT2D eigenvalue weighted by Gasteiger charge is 2.47. The molecular weight excluding hydrogens is 394 g/mol. The first-order valence-electron chi connectivity index (χ1n) is 10.2. The molecule has 1 aromatic carbocycles. The normalized spacial score (nSPS) is 18.2. The average Bonchev–Trinajstić information content (AvgIpc) is 3.46. The number of imidazole rings is 1. The Morgan fingerprint density at radius 2 is 1.94 bits per heavy atom. The zero-order valence-electron chi connectivity index (χ0n) is 17.8. The number of Topliss-reactive ketones (excluding diaryl/α,β-unsaturated/α-hetero) is 1. The molecule has 2 aromatic heterocycles. The molecule has 1 saturated heterocycles. The molecule has 1 aliphatic rings. The molecule has 0 radical (unpaired) electrons. The van der Waals surface area contributed by atoms with Gasteiger partial charge in [0.15, 0.2) is 0 Å². The molecule has 1 amide bonds. The van der Waals surface area contributed by atoms with Gasteiger partial charge in [-0.25, -0.2) is 4.98 Å². The highest BCUT2D eigenvalue weighted by atomic mass is 16.3. The molecule has 1 unspecified atom stereocenters. The van der Waals surface area contributed by atoms with Crippen molar-refractivity contribution >= 4 is 17.4 Å². The summed E-state index contributed by atoms with van der Waals surface area (Å²) >= 11 is 0. The van der Waals surface area contributed by atoms with Crippen LogP contribution in [0.3, 0.4) is 0 Å². The summed E-state index contributed by atoms with van der Waals surface area (Å²) in [6, 6.07) is 8.42. The van der Waals surface area contributed by atoms with Gasteiger partial charge in [-0.05, 0) is 51.0 Å². The number of amides is 1. The molecule has 31 heavy (non-hydrogen) atoms. The van der Waals surface area contributed by atoms with Crippen LogP contribution in [0, 0.1) is 20.8 Å². The van der Waals surface area contributed by atoms with Crippen LogP contribution < -0.4 is 0 Å². The molecule has 0 aliphatic carbocycles. The van der Waals surface area contributed by atoms with E-state index in [0.29, 0.717) is 36.6 Å². The number of aliphatic hydroxyl groups is 1. The average molecular weight is 419 g/mol. The lowest BCUT2D eigenvalue weighted by molar-refractivity contribution is -0.140. The van der Waals surface area contributed by atoms with Crippen molar-refractivity contribution in [1.82, 2.24) is 14.5 Å². The number of furan rings is 1. The lowest BCUT2D eigenvalue weighted by Gasteiger charge is -2.23. The summed E-state index contributed by atoms with van der Waals surface area (Å²) in [6.45, 7) is 6.58. The topological polar surface area (TPSA) is 88.6 Å². The van der Waals surface area contributed by atoms with Crippen molar-refractivity contribution in [2.24, 2.45) is 0 Å². The SMILES string of the molecule is Cc1ccc(C)c(/C(O)=C2/C(=O)C(=O)N(CCCn3ccnc3)C2c2ccc(C)o2)c1. The number of ketones is 1. The van der Waals surface area contributed by atoms with Crippen LogP contribution in [0.2, 0.25) is 0 Å². The Hall–Kier alpha value is -3.61. The van der Waals surface area contributed by atoms with E-state index in [9.17, 15) is 14.7 Å². The molecule has 1 atom stereocenters. The fourth-order valence-electron chi connectivity index (χ4n) is 3.99. The number of benzene rings is 1. The first-order chi connectivity index (χ1) is 14.9. The van der Waals surface area contributed by atoms with E-state index in [4.69, 9.17) is 4.42 Å². The number of aryl methyl sites for hydroxylation is 4. The second-order valence-corrected chi connectivity index (χ2v) is 7.91. The molecule has 0 saturated carbocycles. The molecule has 3 aromatic rings. The summed E-state index contributed by atoms with van der Waals surface area (Å²) in [5.74, 6) is -0.357. The van der Waals surface area contributed by atoms with Crippen molar-refractivity contribution < 1.29 is 19.1 Å². The molecule has 3 heterocycles. The molecule has 0 bridgehead atoms. The Balaban J connectivity index is 1.75. The van der Waals surface area contributed by atoms with E-state index >= 15 is 0 Å². The van der Waals surface area contributed by atoms with Crippen molar-refractivity contribution in [2.45, 2.75) is 39.8 Å². The Morgan fingerprint density at radius 3 is 2.61 bits per heavy atom. The molecule has 1 N–H and O–H groups in total. The maximum absolute atomic E-state index is 13.0. The van der Waals surface area contributed by atoms with Gasteiger partial charge in [-0.2, -0.15) is 0 Å². The summed E-state index contributed by atoms with van der Waals surface area (Å²) < 4.78 is 7.73. The summed E-state index contributed by atoms with van der Waals surface area (Å²) in [5.41, 5.74) is 2.39. The van der Waals surface area contributed by atoms with Crippen LogP contribution in [-0.4, -0.2) is 37.8 Å². The first kappa shape index (κ1) is 20.7. The van der Waals surface area contributed by atoms with Gasteiger partial charge in [0.05, 0.1) is 11.9 Å². The van der Waals surface area contributed by atoms with E-state index in [1.54, 1.807) is 31.6 Å². The Labute approximate surface area is 180 Å². The summed E-state index contributed by atoms with van der Waals surface area (Å²) in [6.07, 6.45) is 5.88. The predicted molar refractivity (Wildman–Crippen MR) is 115 cm³/mol. The quantitative estimate of drug-likeness (QED) is 0.372. The van der Waals surface area contributed by atoms with Crippen molar-refractivity contribution in [3.63, 3.8) is 0 Å². The number of aliphatic hydroxyl groups excluding tert-OH is 1. The van der Waals surface area contributed by atoms with Crippen molar-refractivity contribution in [2.75, 3.05) is 6.54 Å². The van der Waals surface area contributed by atoms with Gasteiger partial charge in [0.2, 0.25) is 0 Å². The van der Waals surface area contributed by atoms with E-state index in [2.05, 4.69) is 4.98 Å². The largest absolute Gasteiger partial charge is 0.507 e. The van der Waals surface area contributed by atoms with Crippen LogP contribution >= 0.6 is 0 Å². The molecule has 4 rings (SSSR count). The highest BCUT2D eigenvalue weighted by Crippen LogP contribution is 2.40.